The predicted octanol–water partition coefficient (Wildman–Crippen LogP) is 1.91. The fraction of sp³-hybridized carbons (Fsp3) is 0.500. The van der Waals surface area contributed by atoms with Gasteiger partial charge in [0.05, 0.1) is 7.11 Å². The largest absolute Gasteiger partial charge is 0.495 e. The summed E-state index contributed by atoms with van der Waals surface area (Å²) in [5.41, 5.74) is -0.354. The third-order valence-electron chi connectivity index (χ3n) is 4.96. The van der Waals surface area contributed by atoms with E-state index in [0.29, 0.717) is 31.1 Å². The molecule has 0 radical (unpaired) electrons. The van der Waals surface area contributed by atoms with E-state index in [1.807, 2.05) is 0 Å². The minimum atomic E-state index is -3.80. The summed E-state index contributed by atoms with van der Waals surface area (Å²) in [5.74, 6) is 0.235. The highest BCUT2D eigenvalue weighted by Crippen LogP contribution is 2.42. The highest BCUT2D eigenvalue weighted by Gasteiger charge is 2.51. The Morgan fingerprint density at radius 3 is 2.46 bits per heavy atom. The van der Waals surface area contributed by atoms with Crippen molar-refractivity contribution in [2.24, 2.45) is 5.41 Å². The average Bonchev–Trinajstić information content (AvgIpc) is 2.59. The monoisotopic (exact) mass is 420 g/mol. The Bertz CT molecular complexity index is 924. The van der Waals surface area contributed by atoms with Gasteiger partial charge in [0.2, 0.25) is 20.0 Å². The summed E-state index contributed by atoms with van der Waals surface area (Å²) in [6.07, 6.45) is 1.46. The fourth-order valence-electron chi connectivity index (χ4n) is 3.60. The molecule has 0 saturated carbocycles. The summed E-state index contributed by atoms with van der Waals surface area (Å²) in [4.78, 5) is 0.0273. The van der Waals surface area contributed by atoms with Crippen molar-refractivity contribution in [2.45, 2.75) is 17.7 Å². The second-order valence-electron chi connectivity index (χ2n) is 6.72. The van der Waals surface area contributed by atoms with Gasteiger partial charge in [-0.15, -0.1) is 0 Å². The van der Waals surface area contributed by atoms with Crippen LogP contribution in [0.15, 0.2) is 35.1 Å². The van der Waals surface area contributed by atoms with Crippen LogP contribution in [-0.4, -0.2) is 58.7 Å². The topological polar surface area (TPSA) is 84.0 Å². The van der Waals surface area contributed by atoms with Crippen molar-refractivity contribution in [3.8, 4) is 5.75 Å². The SMILES string of the molecule is C=CS(=O)(=O)N1CC2(CCCN(S(=O)(=O)c3cc(Cl)ccc3OC)C2)C1. The Hall–Kier alpha value is -1.13. The van der Waals surface area contributed by atoms with Crippen LogP contribution in [-0.2, 0) is 20.0 Å². The molecule has 0 aromatic heterocycles. The van der Waals surface area contributed by atoms with Crippen LogP contribution in [0.25, 0.3) is 0 Å². The molecule has 0 unspecified atom stereocenters. The second kappa shape index (κ2) is 6.79. The lowest BCUT2D eigenvalue weighted by atomic mass is 9.75. The van der Waals surface area contributed by atoms with E-state index in [2.05, 4.69) is 6.58 Å². The molecule has 26 heavy (non-hydrogen) atoms. The molecule has 2 saturated heterocycles. The third kappa shape index (κ3) is 3.38. The Morgan fingerprint density at radius 2 is 1.85 bits per heavy atom. The highest BCUT2D eigenvalue weighted by atomic mass is 35.5. The first-order valence-corrected chi connectivity index (χ1v) is 11.4. The summed E-state index contributed by atoms with van der Waals surface area (Å²) in [5, 5.41) is 1.23. The van der Waals surface area contributed by atoms with Gasteiger partial charge in [0.15, 0.2) is 0 Å². The van der Waals surface area contributed by atoms with Crippen LogP contribution in [0, 0.1) is 5.41 Å². The smallest absolute Gasteiger partial charge is 0.246 e. The summed E-state index contributed by atoms with van der Waals surface area (Å²) in [6, 6.07) is 4.48. The number of nitrogens with zero attached hydrogens (tertiary/aromatic N) is 2. The van der Waals surface area contributed by atoms with Gasteiger partial charge < -0.3 is 4.74 Å². The summed E-state index contributed by atoms with van der Waals surface area (Å²) in [7, 11) is -5.86. The molecule has 2 aliphatic rings. The van der Waals surface area contributed by atoms with Gasteiger partial charge in [-0.1, -0.05) is 18.2 Å². The van der Waals surface area contributed by atoms with Gasteiger partial charge in [0.1, 0.15) is 10.6 Å². The van der Waals surface area contributed by atoms with E-state index in [1.54, 1.807) is 6.07 Å². The van der Waals surface area contributed by atoms with E-state index in [-0.39, 0.29) is 22.6 Å². The molecule has 3 rings (SSSR count). The first-order chi connectivity index (χ1) is 12.1. The number of ether oxygens (including phenoxy) is 1. The zero-order valence-corrected chi connectivity index (χ0v) is 16.8. The minimum absolute atomic E-state index is 0.0273. The molecule has 0 bridgehead atoms. The number of methoxy groups -OCH3 is 1. The van der Waals surface area contributed by atoms with Gasteiger partial charge in [0.25, 0.3) is 0 Å². The van der Waals surface area contributed by atoms with Gasteiger partial charge in [-0.25, -0.2) is 16.8 Å². The standard InChI is InChI=1S/C16H21ClN2O5S2/c1-3-25(20,21)19-11-16(12-19)7-4-8-18(10-16)26(22,23)15-9-13(17)5-6-14(15)24-2/h3,5-6,9H,1,4,7-8,10-12H2,2H3. The predicted molar refractivity (Wildman–Crippen MR) is 99.1 cm³/mol. The van der Waals surface area contributed by atoms with Crippen molar-refractivity contribution in [1.82, 2.24) is 8.61 Å². The van der Waals surface area contributed by atoms with Gasteiger partial charge >= 0.3 is 0 Å². The molecule has 1 spiro atoms. The molecule has 1 aromatic carbocycles. The number of halogens is 1. The van der Waals surface area contributed by atoms with Crippen LogP contribution < -0.4 is 4.74 Å². The van der Waals surface area contributed by atoms with Gasteiger partial charge in [-0.3, -0.25) is 0 Å². The maximum atomic E-state index is 13.1. The number of benzene rings is 1. The van der Waals surface area contributed by atoms with E-state index in [9.17, 15) is 16.8 Å². The molecule has 2 aliphatic heterocycles. The molecule has 144 valence electrons. The number of rotatable bonds is 5. The maximum Gasteiger partial charge on any atom is 0.246 e. The number of hydrogen-bond donors (Lipinski definition) is 0. The van der Waals surface area contributed by atoms with Crippen molar-refractivity contribution in [3.05, 3.63) is 35.2 Å². The minimum Gasteiger partial charge on any atom is -0.495 e. The first kappa shape index (κ1) is 19.6. The molecular weight excluding hydrogens is 400 g/mol. The van der Waals surface area contributed by atoms with Crippen LogP contribution in [0.3, 0.4) is 0 Å². The van der Waals surface area contributed by atoms with Crippen LogP contribution in [0.4, 0.5) is 0 Å². The average molecular weight is 421 g/mol. The molecule has 0 atom stereocenters. The zero-order valence-electron chi connectivity index (χ0n) is 14.4. The normalized spacial score (nSPS) is 21.3. The van der Waals surface area contributed by atoms with E-state index in [0.717, 1.165) is 11.8 Å². The van der Waals surface area contributed by atoms with Crippen LogP contribution in [0.1, 0.15) is 12.8 Å². The molecule has 0 N–H and O–H groups in total. The van der Waals surface area contributed by atoms with Gasteiger partial charge in [-0.05, 0) is 31.0 Å². The number of hydrogen-bond acceptors (Lipinski definition) is 5. The van der Waals surface area contributed by atoms with E-state index in [4.69, 9.17) is 16.3 Å². The lowest BCUT2D eigenvalue weighted by Gasteiger charge is -2.53. The quantitative estimate of drug-likeness (QED) is 0.726. The molecule has 0 amide bonds. The van der Waals surface area contributed by atoms with Crippen LogP contribution in [0.5, 0.6) is 5.75 Å². The molecule has 2 heterocycles. The molecule has 7 nitrogen and oxygen atoms in total. The third-order valence-corrected chi connectivity index (χ3v) is 8.46. The maximum absolute atomic E-state index is 13.1. The summed E-state index contributed by atoms with van der Waals surface area (Å²) in [6.45, 7) is 4.59. The van der Waals surface area contributed by atoms with Crippen molar-refractivity contribution in [3.63, 3.8) is 0 Å². The molecular formula is C16H21ClN2O5S2. The van der Waals surface area contributed by atoms with E-state index < -0.39 is 20.0 Å². The van der Waals surface area contributed by atoms with Crippen LogP contribution in [0.2, 0.25) is 5.02 Å². The Labute approximate surface area is 159 Å². The fourth-order valence-corrected chi connectivity index (χ4v) is 6.73. The Morgan fingerprint density at radius 1 is 1.19 bits per heavy atom. The lowest BCUT2D eigenvalue weighted by Crippen LogP contribution is -2.64. The van der Waals surface area contributed by atoms with Crippen molar-refractivity contribution in [1.29, 1.82) is 0 Å². The van der Waals surface area contributed by atoms with Crippen LogP contribution >= 0.6 is 11.6 Å². The zero-order chi connectivity index (χ0) is 19.2. The molecule has 1 aromatic rings. The van der Waals surface area contributed by atoms with Crippen molar-refractivity contribution < 1.29 is 21.6 Å². The molecule has 0 aliphatic carbocycles. The number of sulfonamides is 2. The van der Waals surface area contributed by atoms with Crippen molar-refractivity contribution >= 4 is 31.6 Å². The molecule has 2 fully saturated rings. The Kier molecular flexibility index (Phi) is 5.13. The lowest BCUT2D eigenvalue weighted by molar-refractivity contribution is 0.0174. The number of piperidine rings is 1. The summed E-state index contributed by atoms with van der Waals surface area (Å²) < 4.78 is 57.9. The van der Waals surface area contributed by atoms with Crippen molar-refractivity contribution in [2.75, 3.05) is 33.3 Å². The first-order valence-electron chi connectivity index (χ1n) is 8.10. The van der Waals surface area contributed by atoms with Gasteiger partial charge in [-0.2, -0.15) is 8.61 Å². The second-order valence-corrected chi connectivity index (χ2v) is 10.9. The van der Waals surface area contributed by atoms with E-state index in [1.165, 1.54) is 27.9 Å². The van der Waals surface area contributed by atoms with E-state index >= 15 is 0 Å². The summed E-state index contributed by atoms with van der Waals surface area (Å²) >= 11 is 5.98. The Balaban J connectivity index is 1.85. The highest BCUT2D eigenvalue weighted by molar-refractivity contribution is 7.92. The van der Waals surface area contributed by atoms with Gasteiger partial charge in [0, 0.05) is 42.0 Å². The molecule has 10 heteroatoms.